The Hall–Kier alpha value is -2.51. The molecule has 7 heteroatoms. The number of likely N-dealkylation sites (tertiary alicyclic amines) is 1. The van der Waals surface area contributed by atoms with Crippen LogP contribution in [0, 0.1) is 0 Å². The van der Waals surface area contributed by atoms with E-state index in [0.29, 0.717) is 11.6 Å². The summed E-state index contributed by atoms with van der Waals surface area (Å²) < 4.78 is 7.88. The molecule has 156 valence electrons. The Morgan fingerprint density at radius 2 is 1.73 bits per heavy atom. The summed E-state index contributed by atoms with van der Waals surface area (Å²) in [5, 5.41) is 8.77. The normalized spacial score (nSPS) is 15.3. The lowest BCUT2D eigenvalue weighted by atomic mass is 10.0. The van der Waals surface area contributed by atoms with Gasteiger partial charge in [0.15, 0.2) is 0 Å². The van der Waals surface area contributed by atoms with E-state index >= 15 is 0 Å². The Kier molecular flexibility index (Phi) is 6.59. The summed E-state index contributed by atoms with van der Waals surface area (Å²) in [5.74, 6) is -0.297. The molecule has 1 fully saturated rings. The lowest BCUT2D eigenvalue weighted by molar-refractivity contribution is 0.0600. The fourth-order valence-electron chi connectivity index (χ4n) is 3.85. The minimum Gasteiger partial charge on any atom is -0.465 e. The fourth-order valence-corrected chi connectivity index (χ4v) is 4.11. The second-order valence-electron chi connectivity index (χ2n) is 7.69. The maximum Gasteiger partial charge on any atom is 0.337 e. The number of methoxy groups -OCH3 is 1. The molecule has 0 radical (unpaired) electrons. The van der Waals surface area contributed by atoms with E-state index in [-0.39, 0.29) is 5.97 Å². The van der Waals surface area contributed by atoms with Crippen molar-refractivity contribution in [3.63, 3.8) is 0 Å². The van der Waals surface area contributed by atoms with Crippen LogP contribution in [0.2, 0.25) is 0 Å². The quantitative estimate of drug-likeness (QED) is 0.505. The number of nitrogens with zero attached hydrogens (tertiary/aromatic N) is 4. The zero-order valence-electron chi connectivity index (χ0n) is 17.0. The van der Waals surface area contributed by atoms with Crippen molar-refractivity contribution in [3.8, 4) is 0 Å². The number of rotatable bonds is 6. The molecule has 0 aliphatic carbocycles. The molecule has 0 bridgehead atoms. The SMILES string of the molecule is COC(=O)c1ccc(CN2CCC(n3cc(Cc4ccc(Br)cc4)nn3)CC2)cc1. The molecule has 0 spiro atoms. The third-order valence-electron chi connectivity index (χ3n) is 5.57. The number of esters is 1. The van der Waals surface area contributed by atoms with E-state index in [1.807, 2.05) is 28.9 Å². The number of hydrogen-bond donors (Lipinski definition) is 0. The molecule has 1 aliphatic heterocycles. The number of halogens is 1. The second-order valence-corrected chi connectivity index (χ2v) is 8.60. The minimum atomic E-state index is -0.297. The standard InChI is InChI=1S/C23H25BrN4O2/c1-30-23(29)19-6-2-18(3-7-19)15-27-12-10-22(11-13-27)28-16-21(25-26-28)14-17-4-8-20(24)9-5-17/h2-9,16,22H,10-15H2,1H3. The third kappa shape index (κ3) is 5.15. The largest absolute Gasteiger partial charge is 0.465 e. The molecular weight excluding hydrogens is 444 g/mol. The second kappa shape index (κ2) is 9.53. The Balaban J connectivity index is 1.29. The van der Waals surface area contributed by atoms with Crippen molar-refractivity contribution in [2.24, 2.45) is 0 Å². The highest BCUT2D eigenvalue weighted by molar-refractivity contribution is 9.10. The van der Waals surface area contributed by atoms with E-state index in [9.17, 15) is 4.79 Å². The van der Waals surface area contributed by atoms with Crippen LogP contribution in [-0.2, 0) is 17.7 Å². The Morgan fingerprint density at radius 1 is 1.07 bits per heavy atom. The maximum absolute atomic E-state index is 11.6. The lowest BCUT2D eigenvalue weighted by Crippen LogP contribution is -2.34. The van der Waals surface area contributed by atoms with Crippen LogP contribution in [0.25, 0.3) is 0 Å². The van der Waals surface area contributed by atoms with Gasteiger partial charge in [-0.3, -0.25) is 4.90 Å². The molecule has 1 saturated heterocycles. The number of aromatic nitrogens is 3. The Bertz CT molecular complexity index is 977. The van der Waals surface area contributed by atoms with E-state index in [0.717, 1.165) is 49.1 Å². The summed E-state index contributed by atoms with van der Waals surface area (Å²) in [4.78, 5) is 14.0. The molecule has 4 rings (SSSR count). The topological polar surface area (TPSA) is 60.2 Å². The molecular formula is C23H25BrN4O2. The number of carbonyl (C=O) groups is 1. The summed E-state index contributed by atoms with van der Waals surface area (Å²) in [6, 6.07) is 16.4. The van der Waals surface area contributed by atoms with Crippen molar-refractivity contribution in [3.05, 3.63) is 81.6 Å². The van der Waals surface area contributed by atoms with Crippen LogP contribution in [-0.4, -0.2) is 46.1 Å². The van der Waals surface area contributed by atoms with E-state index < -0.39 is 0 Å². The van der Waals surface area contributed by atoms with Crippen LogP contribution in [0.3, 0.4) is 0 Å². The zero-order valence-corrected chi connectivity index (χ0v) is 18.6. The highest BCUT2D eigenvalue weighted by Crippen LogP contribution is 2.23. The van der Waals surface area contributed by atoms with Gasteiger partial charge in [-0.15, -0.1) is 5.10 Å². The first kappa shape index (κ1) is 20.8. The lowest BCUT2D eigenvalue weighted by Gasteiger charge is -2.31. The van der Waals surface area contributed by atoms with E-state index in [4.69, 9.17) is 4.74 Å². The molecule has 30 heavy (non-hydrogen) atoms. The zero-order chi connectivity index (χ0) is 20.9. The van der Waals surface area contributed by atoms with Crippen LogP contribution in [0.4, 0.5) is 0 Å². The molecule has 0 N–H and O–H groups in total. The van der Waals surface area contributed by atoms with Crippen molar-refractivity contribution in [2.45, 2.75) is 31.8 Å². The highest BCUT2D eigenvalue weighted by Gasteiger charge is 2.22. The predicted octanol–water partition coefficient (Wildman–Crippen LogP) is 4.26. The molecule has 0 unspecified atom stereocenters. The van der Waals surface area contributed by atoms with Crippen LogP contribution in [0.5, 0.6) is 0 Å². The molecule has 1 aliphatic rings. The number of carbonyl (C=O) groups excluding carboxylic acids is 1. The molecule has 1 aromatic heterocycles. The van der Waals surface area contributed by atoms with Crippen LogP contribution < -0.4 is 0 Å². The molecule has 2 aromatic carbocycles. The summed E-state index contributed by atoms with van der Waals surface area (Å²) in [5.41, 5.74) is 4.03. The van der Waals surface area contributed by atoms with Gasteiger partial charge in [0.25, 0.3) is 0 Å². The van der Waals surface area contributed by atoms with Crippen molar-refractivity contribution >= 4 is 21.9 Å². The molecule has 2 heterocycles. The van der Waals surface area contributed by atoms with Gasteiger partial charge < -0.3 is 4.74 Å². The number of hydrogen-bond acceptors (Lipinski definition) is 5. The maximum atomic E-state index is 11.6. The summed E-state index contributed by atoms with van der Waals surface area (Å²) >= 11 is 3.47. The van der Waals surface area contributed by atoms with Crippen molar-refractivity contribution in [1.29, 1.82) is 0 Å². The van der Waals surface area contributed by atoms with Gasteiger partial charge in [0, 0.05) is 36.7 Å². The van der Waals surface area contributed by atoms with Crippen LogP contribution in [0.15, 0.2) is 59.2 Å². The first-order chi connectivity index (χ1) is 14.6. The summed E-state index contributed by atoms with van der Waals surface area (Å²) in [6.07, 6.45) is 5.00. The predicted molar refractivity (Wildman–Crippen MR) is 118 cm³/mol. The average Bonchev–Trinajstić information content (AvgIpc) is 3.24. The molecule has 6 nitrogen and oxygen atoms in total. The van der Waals surface area contributed by atoms with Gasteiger partial charge in [-0.1, -0.05) is 45.4 Å². The van der Waals surface area contributed by atoms with Gasteiger partial charge in [0.1, 0.15) is 0 Å². The van der Waals surface area contributed by atoms with Gasteiger partial charge in [0.2, 0.25) is 0 Å². The average molecular weight is 469 g/mol. The molecule has 0 atom stereocenters. The number of piperidine rings is 1. The van der Waals surface area contributed by atoms with Gasteiger partial charge in [-0.05, 0) is 48.2 Å². The van der Waals surface area contributed by atoms with Gasteiger partial charge in [0.05, 0.1) is 24.4 Å². The first-order valence-corrected chi connectivity index (χ1v) is 10.9. The molecule has 3 aromatic rings. The third-order valence-corrected chi connectivity index (χ3v) is 6.10. The Labute approximate surface area is 185 Å². The monoisotopic (exact) mass is 468 g/mol. The van der Waals surface area contributed by atoms with Crippen molar-refractivity contribution < 1.29 is 9.53 Å². The fraction of sp³-hybridized carbons (Fsp3) is 0.348. The number of ether oxygens (including phenoxy) is 1. The van der Waals surface area contributed by atoms with Gasteiger partial charge >= 0.3 is 5.97 Å². The van der Waals surface area contributed by atoms with Gasteiger partial charge in [-0.2, -0.15) is 0 Å². The van der Waals surface area contributed by atoms with Crippen LogP contribution >= 0.6 is 15.9 Å². The molecule has 0 amide bonds. The highest BCUT2D eigenvalue weighted by atomic mass is 79.9. The summed E-state index contributed by atoms with van der Waals surface area (Å²) in [6.45, 7) is 2.93. The van der Waals surface area contributed by atoms with Crippen molar-refractivity contribution in [2.75, 3.05) is 20.2 Å². The number of benzene rings is 2. The Morgan fingerprint density at radius 3 is 2.40 bits per heavy atom. The minimum absolute atomic E-state index is 0.297. The van der Waals surface area contributed by atoms with Crippen LogP contribution in [0.1, 0.15) is 46.1 Å². The van der Waals surface area contributed by atoms with Gasteiger partial charge in [-0.25, -0.2) is 9.48 Å². The molecule has 0 saturated carbocycles. The van der Waals surface area contributed by atoms with E-state index in [2.05, 4.69) is 61.6 Å². The first-order valence-electron chi connectivity index (χ1n) is 10.2. The van der Waals surface area contributed by atoms with E-state index in [1.165, 1.54) is 18.2 Å². The van der Waals surface area contributed by atoms with E-state index in [1.54, 1.807) is 0 Å². The van der Waals surface area contributed by atoms with Crippen molar-refractivity contribution in [1.82, 2.24) is 19.9 Å². The smallest absolute Gasteiger partial charge is 0.337 e. The summed E-state index contributed by atoms with van der Waals surface area (Å²) in [7, 11) is 1.40.